The molecule has 0 spiro atoms. The molecule has 1 aromatic rings. The van der Waals surface area contributed by atoms with Gasteiger partial charge >= 0.3 is 0 Å². The number of hydrogen-bond acceptors (Lipinski definition) is 1. The monoisotopic (exact) mass is 324 g/mol. The van der Waals surface area contributed by atoms with Crippen LogP contribution in [0.15, 0.2) is 28.7 Å². The van der Waals surface area contributed by atoms with Crippen LogP contribution in [0.25, 0.3) is 0 Å². The first-order valence-corrected chi connectivity index (χ1v) is 8.38. The molecular weight excluding hydrogens is 300 g/mol. The summed E-state index contributed by atoms with van der Waals surface area (Å²) in [5.41, 5.74) is 0.741. The number of rotatable bonds is 4. The molecule has 0 heterocycles. The smallest absolute Gasteiger partial charge is 0.0688 e. The van der Waals surface area contributed by atoms with Crippen LogP contribution in [0.2, 0.25) is 0 Å². The minimum Gasteiger partial charge on any atom is -0.390 e. The summed E-state index contributed by atoms with van der Waals surface area (Å²) in [6, 6.07) is 8.27. The second kappa shape index (κ2) is 6.90. The summed E-state index contributed by atoms with van der Waals surface area (Å²) in [7, 11) is 0. The van der Waals surface area contributed by atoms with Crippen molar-refractivity contribution in [2.75, 3.05) is 0 Å². The molecule has 0 radical (unpaired) electrons. The summed E-state index contributed by atoms with van der Waals surface area (Å²) in [6.07, 6.45) is 8.95. The molecule has 1 saturated carbocycles. The largest absolute Gasteiger partial charge is 0.390 e. The quantitative estimate of drug-likeness (QED) is 0.763. The van der Waals surface area contributed by atoms with E-state index in [-0.39, 0.29) is 0 Å². The third-order valence-corrected chi connectivity index (χ3v) is 5.22. The van der Waals surface area contributed by atoms with Gasteiger partial charge in [0, 0.05) is 10.9 Å². The highest BCUT2D eigenvalue weighted by molar-refractivity contribution is 9.10. The molecule has 2 atom stereocenters. The highest BCUT2D eigenvalue weighted by Crippen LogP contribution is 2.35. The first-order valence-electron chi connectivity index (χ1n) is 7.59. The van der Waals surface area contributed by atoms with Gasteiger partial charge in [0.25, 0.3) is 0 Å². The van der Waals surface area contributed by atoms with Crippen molar-refractivity contribution in [3.8, 4) is 0 Å². The average molecular weight is 325 g/mol. The highest BCUT2D eigenvalue weighted by atomic mass is 79.9. The summed E-state index contributed by atoms with van der Waals surface area (Å²) in [6.45, 7) is 2.26. The molecule has 0 saturated heterocycles. The fourth-order valence-electron chi connectivity index (χ4n) is 3.33. The number of hydrogen-bond donors (Lipinski definition) is 1. The molecule has 2 rings (SSSR count). The Labute approximate surface area is 125 Å². The van der Waals surface area contributed by atoms with Crippen molar-refractivity contribution in [3.63, 3.8) is 0 Å². The molecule has 0 amide bonds. The van der Waals surface area contributed by atoms with E-state index in [0.717, 1.165) is 29.7 Å². The van der Waals surface area contributed by atoms with Crippen LogP contribution in [0, 0.1) is 5.92 Å². The Kier molecular flexibility index (Phi) is 5.47. The number of aliphatic hydroxyl groups is 1. The normalized spacial score (nSPS) is 28.1. The van der Waals surface area contributed by atoms with Crippen molar-refractivity contribution >= 4 is 15.9 Å². The van der Waals surface area contributed by atoms with Gasteiger partial charge in [-0.05, 0) is 36.8 Å². The minimum absolute atomic E-state index is 0.494. The van der Waals surface area contributed by atoms with Crippen LogP contribution in [0.4, 0.5) is 0 Å². The second-order valence-corrected chi connectivity index (χ2v) is 6.93. The Balaban J connectivity index is 2.01. The molecule has 1 fully saturated rings. The molecule has 0 aromatic heterocycles. The van der Waals surface area contributed by atoms with Crippen LogP contribution in [0.3, 0.4) is 0 Å². The molecule has 106 valence electrons. The molecule has 0 bridgehead atoms. The number of halogens is 1. The Morgan fingerprint density at radius 2 is 2.05 bits per heavy atom. The average Bonchev–Trinajstić information content (AvgIpc) is 2.56. The van der Waals surface area contributed by atoms with Crippen LogP contribution in [0.5, 0.6) is 0 Å². The predicted molar refractivity (Wildman–Crippen MR) is 84.3 cm³/mol. The van der Waals surface area contributed by atoms with E-state index in [1.807, 2.05) is 6.07 Å². The lowest BCUT2D eigenvalue weighted by Crippen LogP contribution is -2.30. The Hall–Kier alpha value is -0.340. The topological polar surface area (TPSA) is 20.2 Å². The second-order valence-electron chi connectivity index (χ2n) is 6.08. The van der Waals surface area contributed by atoms with E-state index in [1.165, 1.54) is 37.7 Å². The fourth-order valence-corrected chi connectivity index (χ4v) is 3.76. The van der Waals surface area contributed by atoms with Gasteiger partial charge in [-0.15, -0.1) is 0 Å². The zero-order valence-electron chi connectivity index (χ0n) is 11.9. The van der Waals surface area contributed by atoms with Gasteiger partial charge in [-0.3, -0.25) is 0 Å². The SMILES string of the molecule is CCCC1CCCC(O)(Cc2ccccc2Br)CC1. The molecule has 1 nitrogen and oxygen atoms in total. The third-order valence-electron chi connectivity index (χ3n) is 4.45. The first-order chi connectivity index (χ1) is 9.13. The molecule has 1 aliphatic carbocycles. The van der Waals surface area contributed by atoms with Gasteiger partial charge in [-0.25, -0.2) is 0 Å². The molecule has 0 aliphatic heterocycles. The summed E-state index contributed by atoms with van der Waals surface area (Å²) in [4.78, 5) is 0. The van der Waals surface area contributed by atoms with Crippen molar-refractivity contribution in [1.29, 1.82) is 0 Å². The Bertz CT molecular complexity index is 404. The molecule has 1 aliphatic rings. The first kappa shape index (κ1) is 15.1. The minimum atomic E-state index is -0.494. The van der Waals surface area contributed by atoms with Crippen LogP contribution in [-0.4, -0.2) is 10.7 Å². The standard InChI is InChI=1S/C17H25BrO/c1-2-6-14-7-5-11-17(19,12-10-14)13-15-8-3-4-9-16(15)18/h3-4,8-9,14,19H,2,5-7,10-13H2,1H3. The van der Waals surface area contributed by atoms with E-state index in [2.05, 4.69) is 41.1 Å². The summed E-state index contributed by atoms with van der Waals surface area (Å²) in [5.74, 6) is 0.832. The van der Waals surface area contributed by atoms with Crippen molar-refractivity contribution in [3.05, 3.63) is 34.3 Å². The maximum atomic E-state index is 10.9. The maximum absolute atomic E-state index is 10.9. The van der Waals surface area contributed by atoms with Crippen molar-refractivity contribution in [2.45, 2.75) is 63.9 Å². The van der Waals surface area contributed by atoms with E-state index >= 15 is 0 Å². The van der Waals surface area contributed by atoms with Gasteiger partial charge in [0.1, 0.15) is 0 Å². The lowest BCUT2D eigenvalue weighted by molar-refractivity contribution is 0.0239. The zero-order chi connectivity index (χ0) is 13.7. The molecule has 1 N–H and O–H groups in total. The predicted octanol–water partition coefficient (Wildman–Crippen LogP) is 5.10. The molecule has 19 heavy (non-hydrogen) atoms. The van der Waals surface area contributed by atoms with Gasteiger partial charge < -0.3 is 5.11 Å². The zero-order valence-corrected chi connectivity index (χ0v) is 13.5. The van der Waals surface area contributed by atoms with Crippen LogP contribution in [-0.2, 0) is 6.42 Å². The van der Waals surface area contributed by atoms with E-state index in [1.54, 1.807) is 0 Å². The van der Waals surface area contributed by atoms with Crippen LogP contribution in [0.1, 0.15) is 57.4 Å². The maximum Gasteiger partial charge on any atom is 0.0688 e. The van der Waals surface area contributed by atoms with Gasteiger partial charge in [-0.1, -0.05) is 66.7 Å². The highest BCUT2D eigenvalue weighted by Gasteiger charge is 2.31. The van der Waals surface area contributed by atoms with Gasteiger partial charge in [0.2, 0.25) is 0 Å². The van der Waals surface area contributed by atoms with Crippen molar-refractivity contribution < 1.29 is 5.11 Å². The molecular formula is C17H25BrO. The van der Waals surface area contributed by atoms with Crippen LogP contribution >= 0.6 is 15.9 Å². The Morgan fingerprint density at radius 1 is 1.26 bits per heavy atom. The number of benzene rings is 1. The third kappa shape index (κ3) is 4.32. The molecule has 1 aromatic carbocycles. The molecule has 2 heteroatoms. The fraction of sp³-hybridized carbons (Fsp3) is 0.647. The summed E-state index contributed by atoms with van der Waals surface area (Å²) in [5, 5.41) is 10.9. The van der Waals surface area contributed by atoms with E-state index < -0.39 is 5.60 Å². The van der Waals surface area contributed by atoms with Gasteiger partial charge in [-0.2, -0.15) is 0 Å². The van der Waals surface area contributed by atoms with E-state index in [9.17, 15) is 5.11 Å². The lowest BCUT2D eigenvalue weighted by Gasteiger charge is -2.27. The Morgan fingerprint density at radius 3 is 2.79 bits per heavy atom. The van der Waals surface area contributed by atoms with Crippen molar-refractivity contribution in [1.82, 2.24) is 0 Å². The van der Waals surface area contributed by atoms with Crippen LogP contribution < -0.4 is 0 Å². The van der Waals surface area contributed by atoms with Gasteiger partial charge in [0.05, 0.1) is 5.60 Å². The lowest BCUT2D eigenvalue weighted by atomic mass is 9.87. The summed E-state index contributed by atoms with van der Waals surface area (Å²) < 4.78 is 1.12. The summed E-state index contributed by atoms with van der Waals surface area (Å²) >= 11 is 3.59. The molecule has 2 unspecified atom stereocenters. The van der Waals surface area contributed by atoms with E-state index in [4.69, 9.17) is 0 Å². The van der Waals surface area contributed by atoms with Crippen molar-refractivity contribution in [2.24, 2.45) is 5.92 Å². The van der Waals surface area contributed by atoms with Gasteiger partial charge in [0.15, 0.2) is 0 Å². The van der Waals surface area contributed by atoms with E-state index in [0.29, 0.717) is 0 Å².